The van der Waals surface area contributed by atoms with Crippen molar-refractivity contribution >= 4 is 11.9 Å². The van der Waals surface area contributed by atoms with Crippen molar-refractivity contribution in [3.05, 3.63) is 12.2 Å². The van der Waals surface area contributed by atoms with E-state index >= 15 is 0 Å². The van der Waals surface area contributed by atoms with Gasteiger partial charge in [0.25, 0.3) is 5.66 Å². The Morgan fingerprint density at radius 3 is 2.08 bits per heavy atom. The van der Waals surface area contributed by atoms with E-state index in [1.807, 2.05) is 13.0 Å². The van der Waals surface area contributed by atoms with Crippen molar-refractivity contribution in [1.82, 2.24) is 5.32 Å². The quantitative estimate of drug-likeness (QED) is 0.232. The molecule has 5 heteroatoms. The summed E-state index contributed by atoms with van der Waals surface area (Å²) in [5.74, 6) is -1.32. The van der Waals surface area contributed by atoms with Crippen LogP contribution in [0.3, 0.4) is 0 Å². The number of aliphatic carboxylic acids is 1. The van der Waals surface area contributed by atoms with Crippen LogP contribution in [0.25, 0.3) is 0 Å². The van der Waals surface area contributed by atoms with Gasteiger partial charge in [-0.1, -0.05) is 52.0 Å². The molecule has 2 N–H and O–H groups in total. The average molecular weight is 342 g/mol. The molecule has 0 spiro atoms. The summed E-state index contributed by atoms with van der Waals surface area (Å²) in [5, 5.41) is 12.4. The number of amides is 1. The predicted octanol–water partition coefficient (Wildman–Crippen LogP) is 3.70. The maximum Gasteiger partial charge on any atom is 0.388 e. The first-order chi connectivity index (χ1) is 11.2. The molecule has 0 fully saturated rings. The molecule has 0 rings (SSSR count). The van der Waals surface area contributed by atoms with Crippen molar-refractivity contribution in [3.8, 4) is 0 Å². The van der Waals surface area contributed by atoms with Crippen LogP contribution >= 0.6 is 0 Å². The first-order valence-corrected chi connectivity index (χ1v) is 9.25. The summed E-state index contributed by atoms with van der Waals surface area (Å²) >= 11 is 0. The van der Waals surface area contributed by atoms with Gasteiger partial charge in [-0.15, -0.1) is 0 Å². The number of hydrogen-bond acceptors (Lipinski definition) is 2. The summed E-state index contributed by atoms with van der Waals surface area (Å²) in [6, 6.07) is 0. The Hall–Kier alpha value is -1.36. The maximum atomic E-state index is 12.2. The molecule has 140 valence electrons. The normalized spacial score (nSPS) is 14.5. The van der Waals surface area contributed by atoms with Crippen molar-refractivity contribution in [3.63, 3.8) is 0 Å². The zero-order chi connectivity index (χ0) is 18.6. The van der Waals surface area contributed by atoms with Crippen LogP contribution in [0.15, 0.2) is 12.2 Å². The lowest BCUT2D eigenvalue weighted by Crippen LogP contribution is -2.70. The molecule has 1 amide bonds. The van der Waals surface area contributed by atoms with Crippen molar-refractivity contribution in [2.45, 2.75) is 77.3 Å². The number of unbranched alkanes of at least 4 members (excludes halogenated alkanes) is 6. The van der Waals surface area contributed by atoms with Gasteiger partial charge in [-0.2, -0.15) is 0 Å². The molecule has 0 radical (unpaired) electrons. The molecule has 0 heterocycles. The lowest BCUT2D eigenvalue weighted by Gasteiger charge is -2.42. The topological polar surface area (TPSA) is 66.4 Å². The summed E-state index contributed by atoms with van der Waals surface area (Å²) in [6.45, 7) is 4.13. The molecule has 0 aliphatic rings. The SMILES string of the molecule is CCCCCCCCC=CC(=O)NC(CCC)(C(=O)O)[N+](C)(C)C. The van der Waals surface area contributed by atoms with E-state index in [2.05, 4.69) is 12.2 Å². The largest absolute Gasteiger partial charge is 0.475 e. The minimum absolute atomic E-state index is 0.146. The summed E-state index contributed by atoms with van der Waals surface area (Å²) in [6.07, 6.45) is 12.6. The van der Waals surface area contributed by atoms with E-state index in [0.717, 1.165) is 12.8 Å². The standard InChI is InChI=1S/C19H36N2O3/c1-6-8-9-10-11-12-13-14-15-17(22)20-19(16-7-2,18(23)24)21(3,4)5/h14-15H,6-13,16H2,1-5H3,(H-,20,22,23,24)/p+1. The smallest absolute Gasteiger partial charge is 0.388 e. The second-order valence-electron chi connectivity index (χ2n) is 7.38. The Bertz CT molecular complexity index is 413. The summed E-state index contributed by atoms with van der Waals surface area (Å²) in [4.78, 5) is 24.0. The summed E-state index contributed by atoms with van der Waals surface area (Å²) < 4.78 is 0.146. The second-order valence-corrected chi connectivity index (χ2v) is 7.38. The number of carbonyl (C=O) groups is 2. The van der Waals surface area contributed by atoms with E-state index in [4.69, 9.17) is 0 Å². The highest BCUT2D eigenvalue weighted by Gasteiger charge is 2.51. The van der Waals surface area contributed by atoms with Crippen molar-refractivity contribution in [1.29, 1.82) is 0 Å². The van der Waals surface area contributed by atoms with Crippen molar-refractivity contribution < 1.29 is 19.2 Å². The van der Waals surface area contributed by atoms with Crippen LogP contribution in [0.5, 0.6) is 0 Å². The molecule has 1 atom stereocenters. The molecule has 24 heavy (non-hydrogen) atoms. The van der Waals surface area contributed by atoms with Gasteiger partial charge in [0.05, 0.1) is 21.1 Å². The molecule has 0 aromatic rings. The highest BCUT2D eigenvalue weighted by molar-refractivity contribution is 5.92. The first kappa shape index (κ1) is 22.6. The molecule has 0 aromatic heterocycles. The Labute approximate surface area is 147 Å². The lowest BCUT2D eigenvalue weighted by molar-refractivity contribution is -0.917. The third-order valence-corrected chi connectivity index (χ3v) is 4.43. The number of rotatable bonds is 13. The summed E-state index contributed by atoms with van der Waals surface area (Å²) in [7, 11) is 5.39. The molecular formula is C19H37N2O3+. The van der Waals surface area contributed by atoms with Gasteiger partial charge in [0.15, 0.2) is 0 Å². The number of nitrogens with zero attached hydrogens (tertiary/aromatic N) is 1. The van der Waals surface area contributed by atoms with E-state index in [-0.39, 0.29) is 10.4 Å². The lowest BCUT2D eigenvalue weighted by atomic mass is 10.00. The molecule has 0 bridgehead atoms. The van der Waals surface area contributed by atoms with E-state index in [1.165, 1.54) is 38.2 Å². The fourth-order valence-corrected chi connectivity index (χ4v) is 2.85. The number of allylic oxidation sites excluding steroid dienone is 1. The third kappa shape index (κ3) is 7.47. The molecule has 5 nitrogen and oxygen atoms in total. The molecule has 0 aliphatic heterocycles. The van der Waals surface area contributed by atoms with E-state index < -0.39 is 11.6 Å². The van der Waals surface area contributed by atoms with E-state index in [1.54, 1.807) is 21.1 Å². The Balaban J connectivity index is 4.52. The van der Waals surface area contributed by atoms with E-state index in [0.29, 0.717) is 12.8 Å². The third-order valence-electron chi connectivity index (χ3n) is 4.43. The second kappa shape index (κ2) is 11.2. The number of hydrogen-bond donors (Lipinski definition) is 2. The van der Waals surface area contributed by atoms with Crippen LogP contribution in [0.2, 0.25) is 0 Å². The maximum absolute atomic E-state index is 12.2. The fourth-order valence-electron chi connectivity index (χ4n) is 2.85. The number of quaternary nitrogens is 1. The van der Waals surface area contributed by atoms with Gasteiger partial charge in [-0.3, -0.25) is 14.6 Å². The number of nitrogens with one attached hydrogen (secondary N) is 1. The van der Waals surface area contributed by atoms with Crippen LogP contribution < -0.4 is 5.32 Å². The van der Waals surface area contributed by atoms with Gasteiger partial charge in [-0.05, 0) is 25.3 Å². The molecule has 0 aromatic carbocycles. The monoisotopic (exact) mass is 341 g/mol. The van der Waals surface area contributed by atoms with Gasteiger partial charge >= 0.3 is 5.97 Å². The highest BCUT2D eigenvalue weighted by atomic mass is 16.4. The van der Waals surface area contributed by atoms with Crippen LogP contribution in [-0.2, 0) is 9.59 Å². The van der Waals surface area contributed by atoms with Gasteiger partial charge in [0, 0.05) is 6.42 Å². The molecule has 0 aliphatic carbocycles. The summed E-state index contributed by atoms with van der Waals surface area (Å²) in [5.41, 5.74) is -1.30. The zero-order valence-electron chi connectivity index (χ0n) is 16.2. The highest BCUT2D eigenvalue weighted by Crippen LogP contribution is 2.22. The van der Waals surface area contributed by atoms with Crippen LogP contribution in [0.4, 0.5) is 0 Å². The average Bonchev–Trinajstić information content (AvgIpc) is 2.48. The predicted molar refractivity (Wildman–Crippen MR) is 98.6 cm³/mol. The minimum Gasteiger partial charge on any atom is -0.475 e. The molecule has 1 unspecified atom stereocenters. The molecule has 0 saturated carbocycles. The van der Waals surface area contributed by atoms with Gasteiger partial charge < -0.3 is 5.11 Å². The Kier molecular flexibility index (Phi) is 10.6. The fraction of sp³-hybridized carbons (Fsp3) is 0.789. The number of carbonyl (C=O) groups excluding carboxylic acids is 1. The number of likely N-dealkylation sites (N-methyl/N-ethyl adjacent to an activating group) is 1. The zero-order valence-corrected chi connectivity index (χ0v) is 16.2. The van der Waals surface area contributed by atoms with Gasteiger partial charge in [0.1, 0.15) is 0 Å². The molecule has 0 saturated heterocycles. The number of carboxylic acids is 1. The Morgan fingerprint density at radius 2 is 1.58 bits per heavy atom. The van der Waals surface area contributed by atoms with Crippen molar-refractivity contribution in [2.75, 3.05) is 21.1 Å². The van der Waals surface area contributed by atoms with Crippen LogP contribution in [0.1, 0.15) is 71.6 Å². The molecular weight excluding hydrogens is 304 g/mol. The number of carboxylic acid groups (broad SMARTS) is 1. The van der Waals surface area contributed by atoms with Gasteiger partial charge in [-0.25, -0.2) is 4.79 Å². The van der Waals surface area contributed by atoms with Gasteiger partial charge in [0.2, 0.25) is 5.91 Å². The minimum atomic E-state index is -1.30. The first-order valence-electron chi connectivity index (χ1n) is 9.25. The Morgan fingerprint density at radius 1 is 1.00 bits per heavy atom. The van der Waals surface area contributed by atoms with Crippen LogP contribution in [-0.4, -0.2) is 48.3 Å². The van der Waals surface area contributed by atoms with Crippen LogP contribution in [0, 0.1) is 0 Å². The van der Waals surface area contributed by atoms with E-state index in [9.17, 15) is 14.7 Å². The van der Waals surface area contributed by atoms with Crippen molar-refractivity contribution in [2.24, 2.45) is 0 Å².